The van der Waals surface area contributed by atoms with E-state index in [-0.39, 0.29) is 11.6 Å². The molecule has 0 aliphatic carbocycles. The van der Waals surface area contributed by atoms with E-state index in [0.717, 1.165) is 10.0 Å². The average molecular weight is 479 g/mol. The number of benzene rings is 2. The minimum atomic E-state index is -0.138. The van der Waals surface area contributed by atoms with Crippen LogP contribution < -0.4 is 15.0 Å². The second-order valence-electron chi connectivity index (χ2n) is 6.48. The lowest BCUT2D eigenvalue weighted by molar-refractivity contribution is 0.156. The molecule has 154 valence electrons. The van der Waals surface area contributed by atoms with Gasteiger partial charge in [-0.15, -0.1) is 0 Å². The molecule has 29 heavy (non-hydrogen) atoms. The number of para-hydroxylation sites is 1. The molecule has 8 heteroatoms. The number of aromatic nitrogens is 2. The Kier molecular flexibility index (Phi) is 7.21. The van der Waals surface area contributed by atoms with Crippen molar-refractivity contribution in [1.82, 2.24) is 9.55 Å². The fourth-order valence-electron chi connectivity index (χ4n) is 3.08. The molecule has 3 rings (SSSR count). The summed E-state index contributed by atoms with van der Waals surface area (Å²) >= 11 is 5.09. The summed E-state index contributed by atoms with van der Waals surface area (Å²) in [7, 11) is 4.84. The van der Waals surface area contributed by atoms with E-state index < -0.39 is 0 Å². The normalized spacial score (nSPS) is 12.2. The summed E-state index contributed by atoms with van der Waals surface area (Å²) in [6.07, 6.45) is 0. The number of rotatable bonds is 8. The Morgan fingerprint density at radius 1 is 1.14 bits per heavy atom. The smallest absolute Gasteiger partial charge is 0.262 e. The zero-order chi connectivity index (χ0) is 21.0. The fraction of sp³-hybridized carbons (Fsp3) is 0.333. The summed E-state index contributed by atoms with van der Waals surface area (Å²) in [5, 5.41) is 1.26. The number of nitrogens with zero attached hydrogens (tertiary/aromatic N) is 2. The van der Waals surface area contributed by atoms with Gasteiger partial charge in [-0.1, -0.05) is 39.8 Å². The molecule has 0 amide bonds. The standard InChI is InChI=1S/C21H23BrN2O4S/c1-13(11-26-2)24-20(25)15-7-5-6-8-17(15)23-21(24)29-12-14-9-18(27-3)19(28-4)10-16(14)22/h5-10,13H,11-12H2,1-4H3/t13-/m0/s1. The highest BCUT2D eigenvalue weighted by molar-refractivity contribution is 9.10. The molecular weight excluding hydrogens is 456 g/mol. The van der Waals surface area contributed by atoms with Crippen LogP contribution in [0.3, 0.4) is 0 Å². The summed E-state index contributed by atoms with van der Waals surface area (Å²) in [5.74, 6) is 1.91. The minimum absolute atomic E-state index is 0.0611. The van der Waals surface area contributed by atoms with E-state index in [4.69, 9.17) is 19.2 Å². The van der Waals surface area contributed by atoms with Crippen LogP contribution in [-0.2, 0) is 10.5 Å². The molecule has 6 nitrogen and oxygen atoms in total. The summed E-state index contributed by atoms with van der Waals surface area (Å²) in [6.45, 7) is 2.38. The summed E-state index contributed by atoms with van der Waals surface area (Å²) in [5.41, 5.74) is 1.64. The van der Waals surface area contributed by atoms with Crippen molar-refractivity contribution < 1.29 is 14.2 Å². The van der Waals surface area contributed by atoms with Crippen LogP contribution in [0.2, 0.25) is 0 Å². The summed E-state index contributed by atoms with van der Waals surface area (Å²) in [6, 6.07) is 11.1. The van der Waals surface area contributed by atoms with E-state index >= 15 is 0 Å². The summed E-state index contributed by atoms with van der Waals surface area (Å²) in [4.78, 5) is 17.9. The quantitative estimate of drug-likeness (QED) is 0.346. The van der Waals surface area contributed by atoms with Crippen molar-refractivity contribution in [2.45, 2.75) is 23.9 Å². The third-order valence-electron chi connectivity index (χ3n) is 4.53. The van der Waals surface area contributed by atoms with Crippen LogP contribution in [0.5, 0.6) is 11.5 Å². The SMILES string of the molecule is COC[C@H](C)n1c(SCc2cc(OC)c(OC)cc2Br)nc2ccccc2c1=O. The highest BCUT2D eigenvalue weighted by Crippen LogP contribution is 2.36. The number of hydrogen-bond donors (Lipinski definition) is 0. The monoisotopic (exact) mass is 478 g/mol. The third-order valence-corrected chi connectivity index (χ3v) is 6.27. The van der Waals surface area contributed by atoms with Crippen molar-refractivity contribution in [3.8, 4) is 11.5 Å². The Bertz CT molecular complexity index is 1070. The molecule has 0 aliphatic heterocycles. The Labute approximate surface area is 182 Å². The molecule has 3 aromatic rings. The van der Waals surface area contributed by atoms with E-state index in [0.29, 0.717) is 39.9 Å². The van der Waals surface area contributed by atoms with E-state index in [1.807, 2.05) is 37.3 Å². The van der Waals surface area contributed by atoms with Crippen LogP contribution in [0.15, 0.2) is 50.8 Å². The number of fused-ring (bicyclic) bond motifs is 1. The van der Waals surface area contributed by atoms with Gasteiger partial charge in [0.05, 0.1) is 37.8 Å². The van der Waals surface area contributed by atoms with Gasteiger partial charge in [0.1, 0.15) is 0 Å². The maximum Gasteiger partial charge on any atom is 0.262 e. The molecule has 1 aromatic heterocycles. The van der Waals surface area contributed by atoms with Crippen molar-refractivity contribution in [2.75, 3.05) is 27.9 Å². The van der Waals surface area contributed by atoms with Crippen LogP contribution in [-0.4, -0.2) is 37.5 Å². The molecule has 0 N–H and O–H groups in total. The van der Waals surface area contributed by atoms with E-state index in [1.54, 1.807) is 32.0 Å². The average Bonchev–Trinajstić information content (AvgIpc) is 2.72. The summed E-state index contributed by atoms with van der Waals surface area (Å²) < 4.78 is 18.7. The van der Waals surface area contributed by atoms with Gasteiger partial charge in [0.25, 0.3) is 5.56 Å². The van der Waals surface area contributed by atoms with Gasteiger partial charge in [0, 0.05) is 17.3 Å². The lowest BCUT2D eigenvalue weighted by Crippen LogP contribution is -2.28. The fourth-order valence-corrected chi connectivity index (χ4v) is 4.82. The van der Waals surface area contributed by atoms with Gasteiger partial charge >= 0.3 is 0 Å². The molecule has 0 radical (unpaired) electrons. The molecule has 0 fully saturated rings. The van der Waals surface area contributed by atoms with Crippen molar-refractivity contribution in [3.05, 3.63) is 56.8 Å². The first-order chi connectivity index (χ1) is 14.0. The Balaban J connectivity index is 2.01. The Morgan fingerprint density at radius 2 is 1.83 bits per heavy atom. The molecule has 0 saturated heterocycles. The van der Waals surface area contributed by atoms with Gasteiger partial charge in [0.2, 0.25) is 0 Å². The van der Waals surface area contributed by atoms with Crippen molar-refractivity contribution in [3.63, 3.8) is 0 Å². The van der Waals surface area contributed by atoms with Crippen molar-refractivity contribution in [2.24, 2.45) is 0 Å². The van der Waals surface area contributed by atoms with E-state index in [9.17, 15) is 4.79 Å². The second kappa shape index (κ2) is 9.65. The first-order valence-electron chi connectivity index (χ1n) is 9.03. The van der Waals surface area contributed by atoms with Gasteiger partial charge < -0.3 is 14.2 Å². The largest absolute Gasteiger partial charge is 0.493 e. The van der Waals surface area contributed by atoms with Crippen LogP contribution in [0, 0.1) is 0 Å². The topological polar surface area (TPSA) is 62.6 Å². The van der Waals surface area contributed by atoms with Gasteiger partial charge in [-0.25, -0.2) is 4.98 Å². The maximum atomic E-state index is 13.1. The molecular formula is C21H23BrN2O4S. The molecule has 0 spiro atoms. The van der Waals surface area contributed by atoms with E-state index in [1.165, 1.54) is 11.8 Å². The Morgan fingerprint density at radius 3 is 2.52 bits per heavy atom. The third kappa shape index (κ3) is 4.60. The number of ether oxygens (including phenoxy) is 3. The van der Waals surface area contributed by atoms with Crippen molar-refractivity contribution >= 4 is 38.6 Å². The minimum Gasteiger partial charge on any atom is -0.493 e. The molecule has 2 aromatic carbocycles. The highest BCUT2D eigenvalue weighted by atomic mass is 79.9. The molecule has 1 atom stereocenters. The first kappa shape index (κ1) is 21.7. The predicted molar refractivity (Wildman–Crippen MR) is 119 cm³/mol. The van der Waals surface area contributed by atoms with Gasteiger partial charge in [0.15, 0.2) is 16.7 Å². The van der Waals surface area contributed by atoms with E-state index in [2.05, 4.69) is 15.9 Å². The molecule has 0 bridgehead atoms. The first-order valence-corrected chi connectivity index (χ1v) is 10.8. The number of methoxy groups -OCH3 is 3. The van der Waals surface area contributed by atoms with Crippen molar-refractivity contribution in [1.29, 1.82) is 0 Å². The maximum absolute atomic E-state index is 13.1. The lowest BCUT2D eigenvalue weighted by atomic mass is 10.2. The zero-order valence-corrected chi connectivity index (χ0v) is 19.2. The van der Waals surface area contributed by atoms with Gasteiger partial charge in [-0.3, -0.25) is 9.36 Å². The molecule has 0 aliphatic rings. The molecule has 1 heterocycles. The van der Waals surface area contributed by atoms with Gasteiger partial charge in [-0.2, -0.15) is 0 Å². The Hall–Kier alpha value is -2.03. The number of hydrogen-bond acceptors (Lipinski definition) is 6. The zero-order valence-electron chi connectivity index (χ0n) is 16.8. The van der Waals surface area contributed by atoms with Crippen LogP contribution in [0.1, 0.15) is 18.5 Å². The highest BCUT2D eigenvalue weighted by Gasteiger charge is 2.18. The molecule has 0 unspecified atom stereocenters. The number of halogens is 1. The lowest BCUT2D eigenvalue weighted by Gasteiger charge is -2.19. The van der Waals surface area contributed by atoms with Gasteiger partial charge in [-0.05, 0) is 36.8 Å². The molecule has 0 saturated carbocycles. The second-order valence-corrected chi connectivity index (χ2v) is 8.28. The number of thioether (sulfide) groups is 1. The predicted octanol–water partition coefficient (Wildman–Crippen LogP) is 4.68. The van der Waals surface area contributed by atoms with Crippen LogP contribution >= 0.6 is 27.7 Å². The van der Waals surface area contributed by atoms with Crippen LogP contribution in [0.4, 0.5) is 0 Å². The van der Waals surface area contributed by atoms with Crippen LogP contribution in [0.25, 0.3) is 10.9 Å².